The Morgan fingerprint density at radius 2 is 1.76 bits per heavy atom. The van der Waals surface area contributed by atoms with Gasteiger partial charge < -0.3 is 14.8 Å². The quantitative estimate of drug-likeness (QED) is 0.273. The summed E-state index contributed by atoms with van der Waals surface area (Å²) in [5.41, 5.74) is 2.73. The van der Waals surface area contributed by atoms with Crippen molar-refractivity contribution in [3.8, 4) is 17.2 Å². The molecule has 1 amide bonds. The second kappa shape index (κ2) is 8.54. The van der Waals surface area contributed by atoms with Crippen LogP contribution in [0.3, 0.4) is 0 Å². The SMILES string of the molecule is O=C(NC(=S)Nc1ccc(-c2nc3ccccc3o2)c(O)c1)c1cccc2c(Cl)cccc12. The van der Waals surface area contributed by atoms with Gasteiger partial charge >= 0.3 is 0 Å². The van der Waals surface area contributed by atoms with E-state index in [0.717, 1.165) is 10.8 Å². The van der Waals surface area contributed by atoms with Gasteiger partial charge in [-0.2, -0.15) is 0 Å². The normalized spacial score (nSPS) is 10.9. The van der Waals surface area contributed by atoms with Crippen LogP contribution in [0.15, 0.2) is 83.3 Å². The molecule has 5 aromatic rings. The summed E-state index contributed by atoms with van der Waals surface area (Å²) in [7, 11) is 0. The number of amides is 1. The number of carbonyl (C=O) groups is 1. The first-order valence-electron chi connectivity index (χ1n) is 9.98. The molecule has 8 heteroatoms. The third kappa shape index (κ3) is 4.11. The second-order valence-electron chi connectivity index (χ2n) is 7.27. The molecule has 0 atom stereocenters. The summed E-state index contributed by atoms with van der Waals surface area (Å²) in [6.07, 6.45) is 0. The first-order chi connectivity index (χ1) is 16.0. The lowest BCUT2D eigenvalue weighted by Gasteiger charge is -2.12. The van der Waals surface area contributed by atoms with Crippen LogP contribution in [0, 0.1) is 0 Å². The number of aromatic hydroxyl groups is 1. The number of anilines is 1. The van der Waals surface area contributed by atoms with E-state index in [1.165, 1.54) is 6.07 Å². The van der Waals surface area contributed by atoms with Crippen molar-refractivity contribution in [2.24, 2.45) is 0 Å². The van der Waals surface area contributed by atoms with E-state index < -0.39 is 0 Å². The zero-order valence-electron chi connectivity index (χ0n) is 17.0. The molecular weight excluding hydrogens is 458 g/mol. The molecule has 0 aliphatic carbocycles. The lowest BCUT2D eigenvalue weighted by Crippen LogP contribution is -2.34. The molecule has 0 aliphatic rings. The van der Waals surface area contributed by atoms with E-state index in [2.05, 4.69) is 15.6 Å². The van der Waals surface area contributed by atoms with Gasteiger partial charge in [0.1, 0.15) is 11.3 Å². The minimum atomic E-state index is -0.368. The molecule has 0 fully saturated rings. The molecule has 6 nitrogen and oxygen atoms in total. The standard InChI is InChI=1S/C25H16ClN3O3S/c26-19-8-4-5-15-16(19)6-3-7-17(15)23(31)29-25(33)27-14-11-12-18(21(30)13-14)24-28-20-9-1-2-10-22(20)32-24/h1-13,30H,(H2,27,29,31,33). The van der Waals surface area contributed by atoms with Crippen LogP contribution in [-0.4, -0.2) is 21.1 Å². The zero-order chi connectivity index (χ0) is 22.9. The molecule has 3 N–H and O–H groups in total. The van der Waals surface area contributed by atoms with Crippen molar-refractivity contribution in [1.29, 1.82) is 0 Å². The largest absolute Gasteiger partial charge is 0.507 e. The molecular formula is C25H16ClN3O3S. The van der Waals surface area contributed by atoms with Crippen LogP contribution in [0.25, 0.3) is 33.3 Å². The Morgan fingerprint density at radius 1 is 0.970 bits per heavy atom. The Labute approximate surface area is 198 Å². The van der Waals surface area contributed by atoms with E-state index >= 15 is 0 Å². The number of fused-ring (bicyclic) bond motifs is 2. The molecule has 0 saturated heterocycles. The lowest BCUT2D eigenvalue weighted by molar-refractivity contribution is 0.0979. The Balaban J connectivity index is 1.33. The molecule has 0 radical (unpaired) electrons. The minimum Gasteiger partial charge on any atom is -0.507 e. The number of thiocarbonyl (C=S) groups is 1. The van der Waals surface area contributed by atoms with Crippen molar-refractivity contribution in [2.45, 2.75) is 0 Å². The van der Waals surface area contributed by atoms with Gasteiger partial charge in [0.05, 0.1) is 5.56 Å². The molecule has 1 aromatic heterocycles. The van der Waals surface area contributed by atoms with Crippen molar-refractivity contribution >= 4 is 62.4 Å². The molecule has 0 spiro atoms. The third-order valence-electron chi connectivity index (χ3n) is 5.12. The van der Waals surface area contributed by atoms with Gasteiger partial charge in [-0.25, -0.2) is 4.98 Å². The summed E-state index contributed by atoms with van der Waals surface area (Å²) >= 11 is 11.5. The highest BCUT2D eigenvalue weighted by Crippen LogP contribution is 2.33. The zero-order valence-corrected chi connectivity index (χ0v) is 18.6. The predicted molar refractivity (Wildman–Crippen MR) is 134 cm³/mol. The number of hydrogen-bond acceptors (Lipinski definition) is 5. The first kappa shape index (κ1) is 20.9. The van der Waals surface area contributed by atoms with Crippen LogP contribution in [0.5, 0.6) is 5.75 Å². The Kier molecular flexibility index (Phi) is 5.42. The molecule has 162 valence electrons. The van der Waals surface area contributed by atoms with Gasteiger partial charge in [-0.3, -0.25) is 10.1 Å². The lowest BCUT2D eigenvalue weighted by atomic mass is 10.0. The van der Waals surface area contributed by atoms with Crippen molar-refractivity contribution in [1.82, 2.24) is 10.3 Å². The number of phenolic OH excluding ortho intramolecular Hbond substituents is 1. The minimum absolute atomic E-state index is 0.0376. The Morgan fingerprint density at radius 3 is 2.58 bits per heavy atom. The molecule has 4 aromatic carbocycles. The monoisotopic (exact) mass is 473 g/mol. The topological polar surface area (TPSA) is 87.4 Å². The van der Waals surface area contributed by atoms with E-state index in [1.54, 1.807) is 36.4 Å². The maximum Gasteiger partial charge on any atom is 0.258 e. The van der Waals surface area contributed by atoms with E-state index in [0.29, 0.717) is 38.8 Å². The summed E-state index contributed by atoms with van der Waals surface area (Å²) in [6, 6.07) is 22.9. The molecule has 1 heterocycles. The molecule has 0 unspecified atom stereocenters. The smallest absolute Gasteiger partial charge is 0.258 e. The molecule has 0 aliphatic heterocycles. The van der Waals surface area contributed by atoms with E-state index in [1.807, 2.05) is 36.4 Å². The molecule has 0 saturated carbocycles. The summed E-state index contributed by atoms with van der Waals surface area (Å²) in [5, 5.41) is 18.2. The van der Waals surface area contributed by atoms with E-state index in [4.69, 9.17) is 28.2 Å². The van der Waals surface area contributed by atoms with Crippen LogP contribution in [-0.2, 0) is 0 Å². The average molecular weight is 474 g/mol. The maximum absolute atomic E-state index is 12.8. The molecule has 5 rings (SSSR count). The van der Waals surface area contributed by atoms with Crippen LogP contribution in [0.1, 0.15) is 10.4 Å². The highest BCUT2D eigenvalue weighted by molar-refractivity contribution is 7.80. The molecule has 0 bridgehead atoms. The van der Waals surface area contributed by atoms with Gasteiger partial charge in [0, 0.05) is 27.7 Å². The number of nitrogens with zero attached hydrogens (tertiary/aromatic N) is 1. The number of halogens is 1. The van der Waals surface area contributed by atoms with Crippen molar-refractivity contribution in [3.05, 3.63) is 89.4 Å². The van der Waals surface area contributed by atoms with Crippen LogP contribution < -0.4 is 10.6 Å². The van der Waals surface area contributed by atoms with Crippen molar-refractivity contribution < 1.29 is 14.3 Å². The average Bonchev–Trinajstić information content (AvgIpc) is 3.23. The highest BCUT2D eigenvalue weighted by atomic mass is 35.5. The van der Waals surface area contributed by atoms with Crippen LogP contribution >= 0.6 is 23.8 Å². The van der Waals surface area contributed by atoms with Crippen LogP contribution in [0.2, 0.25) is 5.02 Å². The highest BCUT2D eigenvalue weighted by Gasteiger charge is 2.15. The van der Waals surface area contributed by atoms with Gasteiger partial charge in [-0.05, 0) is 54.0 Å². The van der Waals surface area contributed by atoms with Gasteiger partial charge in [-0.1, -0.05) is 48.0 Å². The van der Waals surface area contributed by atoms with Crippen molar-refractivity contribution in [2.75, 3.05) is 5.32 Å². The number of para-hydroxylation sites is 2. The van der Waals surface area contributed by atoms with Crippen LogP contribution in [0.4, 0.5) is 5.69 Å². The number of rotatable bonds is 3. The summed E-state index contributed by atoms with van der Waals surface area (Å²) < 4.78 is 5.72. The molecule has 33 heavy (non-hydrogen) atoms. The van der Waals surface area contributed by atoms with E-state index in [9.17, 15) is 9.90 Å². The van der Waals surface area contributed by atoms with Gasteiger partial charge in [0.25, 0.3) is 5.91 Å². The Hall–Kier alpha value is -3.94. The number of aromatic nitrogens is 1. The first-order valence-corrected chi connectivity index (χ1v) is 10.8. The Bertz CT molecular complexity index is 1510. The predicted octanol–water partition coefficient (Wildman–Crippen LogP) is 6.13. The van der Waals surface area contributed by atoms with E-state index in [-0.39, 0.29) is 16.8 Å². The number of phenols is 1. The third-order valence-corrected chi connectivity index (χ3v) is 5.65. The second-order valence-corrected chi connectivity index (χ2v) is 8.08. The number of benzene rings is 4. The van der Waals surface area contributed by atoms with Gasteiger partial charge in [-0.15, -0.1) is 0 Å². The fraction of sp³-hybridized carbons (Fsp3) is 0. The van der Waals surface area contributed by atoms with Gasteiger partial charge in [0.15, 0.2) is 10.7 Å². The fourth-order valence-electron chi connectivity index (χ4n) is 3.58. The fourth-order valence-corrected chi connectivity index (χ4v) is 4.03. The summed E-state index contributed by atoms with van der Waals surface area (Å²) in [6.45, 7) is 0. The number of hydrogen-bond donors (Lipinski definition) is 3. The summed E-state index contributed by atoms with van der Waals surface area (Å²) in [4.78, 5) is 17.2. The number of nitrogens with one attached hydrogen (secondary N) is 2. The van der Waals surface area contributed by atoms with Gasteiger partial charge in [0.2, 0.25) is 5.89 Å². The number of oxazole rings is 1. The summed E-state index contributed by atoms with van der Waals surface area (Å²) in [5.74, 6) is -0.0946. The van der Waals surface area contributed by atoms with Crippen molar-refractivity contribution in [3.63, 3.8) is 0 Å². The number of carbonyl (C=O) groups excluding carboxylic acids is 1. The maximum atomic E-state index is 12.8.